The van der Waals surface area contributed by atoms with Gasteiger partial charge in [-0.2, -0.15) is 0 Å². The molecule has 1 aliphatic rings. The van der Waals surface area contributed by atoms with Gasteiger partial charge in [-0.25, -0.2) is 0 Å². The minimum absolute atomic E-state index is 0.351. The highest BCUT2D eigenvalue weighted by molar-refractivity contribution is 4.83. The molecule has 1 rings (SSSR count). The summed E-state index contributed by atoms with van der Waals surface area (Å²) in [6, 6.07) is 0. The molecule has 2 nitrogen and oxygen atoms in total. The summed E-state index contributed by atoms with van der Waals surface area (Å²) in [5, 5.41) is 0. The van der Waals surface area contributed by atoms with Crippen LogP contribution in [0.3, 0.4) is 0 Å². The first-order valence-electron chi connectivity index (χ1n) is 5.89. The van der Waals surface area contributed by atoms with Crippen LogP contribution in [0, 0.1) is 18.3 Å². The lowest BCUT2D eigenvalue weighted by atomic mass is 9.88. The molecular formula is C13H22O2. The van der Waals surface area contributed by atoms with Crippen molar-refractivity contribution in [1.29, 1.82) is 0 Å². The van der Waals surface area contributed by atoms with Gasteiger partial charge in [0.2, 0.25) is 0 Å². The van der Waals surface area contributed by atoms with Crippen molar-refractivity contribution in [2.45, 2.75) is 51.7 Å². The van der Waals surface area contributed by atoms with Crippen molar-refractivity contribution in [1.82, 2.24) is 0 Å². The third-order valence-electron chi connectivity index (χ3n) is 2.80. The number of hydrogen-bond acceptors (Lipinski definition) is 2. The molecule has 0 N–H and O–H groups in total. The lowest BCUT2D eigenvalue weighted by Gasteiger charge is -2.29. The Morgan fingerprint density at radius 1 is 1.27 bits per heavy atom. The van der Waals surface area contributed by atoms with E-state index in [4.69, 9.17) is 15.9 Å². The zero-order chi connectivity index (χ0) is 11.1. The van der Waals surface area contributed by atoms with Crippen LogP contribution >= 0.6 is 0 Å². The standard InChI is InChI=1S/C13H22O2/c1-4-9-14-10-12-5-7-13(8-6-12)15-11(2)3/h1,11-13H,5-10H2,2-3H3. The molecule has 0 unspecified atom stereocenters. The summed E-state index contributed by atoms with van der Waals surface area (Å²) in [4.78, 5) is 0. The van der Waals surface area contributed by atoms with Crippen LogP contribution in [-0.2, 0) is 9.47 Å². The van der Waals surface area contributed by atoms with Gasteiger partial charge in [-0.1, -0.05) is 5.92 Å². The van der Waals surface area contributed by atoms with Crippen LogP contribution in [-0.4, -0.2) is 25.4 Å². The highest BCUT2D eigenvalue weighted by Crippen LogP contribution is 2.27. The Balaban J connectivity index is 2.10. The molecule has 0 atom stereocenters. The molecule has 0 aromatic carbocycles. The third kappa shape index (κ3) is 5.20. The number of hydrogen-bond donors (Lipinski definition) is 0. The van der Waals surface area contributed by atoms with Crippen molar-refractivity contribution in [2.75, 3.05) is 13.2 Å². The Kier molecular flexibility index (Phi) is 5.75. The molecule has 1 fully saturated rings. The first kappa shape index (κ1) is 12.5. The van der Waals surface area contributed by atoms with Gasteiger partial charge >= 0.3 is 0 Å². The van der Waals surface area contributed by atoms with E-state index in [-0.39, 0.29) is 0 Å². The van der Waals surface area contributed by atoms with E-state index in [0.29, 0.717) is 24.7 Å². The quantitative estimate of drug-likeness (QED) is 0.513. The molecular weight excluding hydrogens is 188 g/mol. The van der Waals surface area contributed by atoms with E-state index in [1.165, 1.54) is 25.7 Å². The van der Waals surface area contributed by atoms with Crippen molar-refractivity contribution in [3.8, 4) is 12.3 Å². The zero-order valence-electron chi connectivity index (χ0n) is 9.87. The SMILES string of the molecule is C#CCOCC1CCC(OC(C)C)CC1. The van der Waals surface area contributed by atoms with Crippen molar-refractivity contribution < 1.29 is 9.47 Å². The number of rotatable bonds is 5. The van der Waals surface area contributed by atoms with E-state index < -0.39 is 0 Å². The normalized spacial score (nSPS) is 26.5. The predicted octanol–water partition coefficient (Wildman–Crippen LogP) is 2.62. The lowest BCUT2D eigenvalue weighted by Crippen LogP contribution is -2.26. The number of ether oxygens (including phenoxy) is 2. The minimum atomic E-state index is 0.351. The second-order valence-electron chi connectivity index (χ2n) is 4.55. The fourth-order valence-corrected chi connectivity index (χ4v) is 2.10. The average Bonchev–Trinajstić information content (AvgIpc) is 2.20. The smallest absolute Gasteiger partial charge is 0.107 e. The molecule has 2 heteroatoms. The molecule has 0 amide bonds. The van der Waals surface area contributed by atoms with E-state index in [9.17, 15) is 0 Å². The van der Waals surface area contributed by atoms with Gasteiger partial charge in [0.1, 0.15) is 6.61 Å². The van der Waals surface area contributed by atoms with Gasteiger partial charge in [0.15, 0.2) is 0 Å². The molecule has 0 spiro atoms. The van der Waals surface area contributed by atoms with Crippen molar-refractivity contribution >= 4 is 0 Å². The molecule has 0 heterocycles. The van der Waals surface area contributed by atoms with Crippen LogP contribution in [0.1, 0.15) is 39.5 Å². The summed E-state index contributed by atoms with van der Waals surface area (Å²) in [6.07, 6.45) is 10.7. The highest BCUT2D eigenvalue weighted by Gasteiger charge is 2.22. The maximum atomic E-state index is 5.79. The topological polar surface area (TPSA) is 18.5 Å². The minimum Gasteiger partial charge on any atom is -0.376 e. The zero-order valence-corrected chi connectivity index (χ0v) is 9.87. The van der Waals surface area contributed by atoms with Crippen molar-refractivity contribution in [3.05, 3.63) is 0 Å². The summed E-state index contributed by atoms with van der Waals surface area (Å²) in [6.45, 7) is 5.46. The summed E-state index contributed by atoms with van der Waals surface area (Å²) in [5.41, 5.74) is 0. The van der Waals surface area contributed by atoms with E-state index in [1.54, 1.807) is 0 Å². The second-order valence-corrected chi connectivity index (χ2v) is 4.55. The van der Waals surface area contributed by atoms with Crippen molar-refractivity contribution in [3.63, 3.8) is 0 Å². The van der Waals surface area contributed by atoms with E-state index in [1.807, 2.05) is 0 Å². The molecule has 0 aromatic rings. The van der Waals surface area contributed by atoms with Gasteiger partial charge in [0.05, 0.1) is 18.8 Å². The van der Waals surface area contributed by atoms with Gasteiger partial charge in [-0.05, 0) is 45.4 Å². The van der Waals surface area contributed by atoms with Crippen LogP contribution in [0.15, 0.2) is 0 Å². The Morgan fingerprint density at radius 3 is 2.47 bits per heavy atom. The summed E-state index contributed by atoms with van der Waals surface area (Å²) in [5.74, 6) is 3.18. The average molecular weight is 210 g/mol. The Morgan fingerprint density at radius 2 is 1.93 bits per heavy atom. The Labute approximate surface area is 93.3 Å². The molecule has 15 heavy (non-hydrogen) atoms. The molecule has 0 aromatic heterocycles. The van der Waals surface area contributed by atoms with Crippen LogP contribution in [0.5, 0.6) is 0 Å². The molecule has 0 radical (unpaired) electrons. The van der Waals surface area contributed by atoms with Gasteiger partial charge in [-0.15, -0.1) is 6.42 Å². The molecule has 1 aliphatic carbocycles. The van der Waals surface area contributed by atoms with E-state index in [0.717, 1.165) is 6.61 Å². The van der Waals surface area contributed by atoms with Gasteiger partial charge < -0.3 is 9.47 Å². The van der Waals surface area contributed by atoms with Gasteiger partial charge in [-0.3, -0.25) is 0 Å². The summed E-state index contributed by atoms with van der Waals surface area (Å²) >= 11 is 0. The number of terminal acetylenes is 1. The first-order chi connectivity index (χ1) is 7.22. The van der Waals surface area contributed by atoms with Crippen molar-refractivity contribution in [2.24, 2.45) is 5.92 Å². The van der Waals surface area contributed by atoms with Crippen LogP contribution in [0.4, 0.5) is 0 Å². The molecule has 1 saturated carbocycles. The maximum absolute atomic E-state index is 5.79. The van der Waals surface area contributed by atoms with Crippen LogP contribution in [0.2, 0.25) is 0 Å². The lowest BCUT2D eigenvalue weighted by molar-refractivity contribution is -0.0269. The molecule has 0 saturated heterocycles. The largest absolute Gasteiger partial charge is 0.376 e. The van der Waals surface area contributed by atoms with Gasteiger partial charge in [0.25, 0.3) is 0 Å². The van der Waals surface area contributed by atoms with Gasteiger partial charge in [0, 0.05) is 0 Å². The second kappa shape index (κ2) is 6.87. The van der Waals surface area contributed by atoms with E-state index >= 15 is 0 Å². The fraction of sp³-hybridized carbons (Fsp3) is 0.846. The monoisotopic (exact) mass is 210 g/mol. The predicted molar refractivity (Wildman–Crippen MR) is 61.6 cm³/mol. The maximum Gasteiger partial charge on any atom is 0.107 e. The first-order valence-corrected chi connectivity index (χ1v) is 5.89. The Bertz CT molecular complexity index is 197. The van der Waals surface area contributed by atoms with E-state index in [2.05, 4.69) is 19.8 Å². The van der Waals surface area contributed by atoms with Crippen LogP contribution < -0.4 is 0 Å². The molecule has 86 valence electrons. The molecule has 0 aliphatic heterocycles. The van der Waals surface area contributed by atoms with Crippen LogP contribution in [0.25, 0.3) is 0 Å². The molecule has 0 bridgehead atoms. The summed E-state index contributed by atoms with van der Waals surface area (Å²) < 4.78 is 11.2. The highest BCUT2D eigenvalue weighted by atomic mass is 16.5. The third-order valence-corrected chi connectivity index (χ3v) is 2.80. The Hall–Kier alpha value is -0.520. The summed E-state index contributed by atoms with van der Waals surface area (Å²) in [7, 11) is 0. The fourth-order valence-electron chi connectivity index (χ4n) is 2.10.